The highest BCUT2D eigenvalue weighted by Crippen LogP contribution is 2.22. The Morgan fingerprint density at radius 2 is 1.74 bits per heavy atom. The zero-order valence-corrected chi connectivity index (χ0v) is 16.5. The summed E-state index contributed by atoms with van der Waals surface area (Å²) < 4.78 is 0. The summed E-state index contributed by atoms with van der Waals surface area (Å²) in [6.07, 6.45) is 1.62. The third kappa shape index (κ3) is 4.89. The largest absolute Gasteiger partial charge is 0.338 e. The Kier molecular flexibility index (Phi) is 6.17. The zero-order chi connectivity index (χ0) is 19.4. The topological polar surface area (TPSA) is 49.4 Å². The Hall–Kier alpha value is -2.33. The maximum Gasteiger partial charge on any atom is 0.253 e. The van der Waals surface area contributed by atoms with E-state index in [0.717, 1.165) is 18.5 Å². The quantitative estimate of drug-likeness (QED) is 0.810. The predicted molar refractivity (Wildman–Crippen MR) is 109 cm³/mol. The highest BCUT2D eigenvalue weighted by Gasteiger charge is 2.29. The van der Waals surface area contributed by atoms with E-state index in [-0.39, 0.29) is 17.7 Å². The van der Waals surface area contributed by atoms with Crippen LogP contribution in [0.5, 0.6) is 0 Å². The molecule has 2 amide bonds. The molecule has 27 heavy (non-hydrogen) atoms. The second-order valence-electron chi connectivity index (χ2n) is 7.36. The molecule has 2 aromatic carbocycles. The van der Waals surface area contributed by atoms with Gasteiger partial charge in [-0.15, -0.1) is 0 Å². The van der Waals surface area contributed by atoms with Gasteiger partial charge in [0.05, 0.1) is 5.92 Å². The first kappa shape index (κ1) is 19.4. The summed E-state index contributed by atoms with van der Waals surface area (Å²) in [5, 5.41) is 3.59. The summed E-state index contributed by atoms with van der Waals surface area (Å²) >= 11 is 5.89. The maximum atomic E-state index is 12.7. The van der Waals surface area contributed by atoms with Crippen LogP contribution in [-0.4, -0.2) is 29.8 Å². The molecule has 0 aromatic heterocycles. The Morgan fingerprint density at radius 1 is 1.07 bits per heavy atom. The second-order valence-corrected chi connectivity index (χ2v) is 7.80. The van der Waals surface area contributed by atoms with Crippen molar-refractivity contribution in [3.63, 3.8) is 0 Å². The van der Waals surface area contributed by atoms with Crippen LogP contribution in [0, 0.1) is 5.92 Å². The molecule has 0 aliphatic carbocycles. The number of rotatable bonds is 4. The molecule has 142 valence electrons. The van der Waals surface area contributed by atoms with E-state index < -0.39 is 0 Å². The van der Waals surface area contributed by atoms with Crippen molar-refractivity contribution in [3.8, 4) is 0 Å². The molecule has 1 atom stereocenters. The third-order valence-electron chi connectivity index (χ3n) is 5.02. The lowest BCUT2D eigenvalue weighted by Gasteiger charge is -2.32. The fourth-order valence-electron chi connectivity index (χ4n) is 3.35. The molecular formula is C22H25ClN2O2. The van der Waals surface area contributed by atoms with E-state index >= 15 is 0 Å². The molecule has 0 saturated carbocycles. The summed E-state index contributed by atoms with van der Waals surface area (Å²) in [5.41, 5.74) is 2.64. The van der Waals surface area contributed by atoms with Gasteiger partial charge in [-0.05, 0) is 60.7 Å². The van der Waals surface area contributed by atoms with Crippen LogP contribution in [-0.2, 0) is 4.79 Å². The molecule has 5 heteroatoms. The number of carbonyl (C=O) groups excluding carboxylic acids is 2. The fourth-order valence-corrected chi connectivity index (χ4v) is 3.47. The van der Waals surface area contributed by atoms with Crippen molar-refractivity contribution < 1.29 is 9.59 Å². The van der Waals surface area contributed by atoms with Crippen molar-refractivity contribution in [1.82, 2.24) is 4.90 Å². The van der Waals surface area contributed by atoms with Crippen LogP contribution >= 0.6 is 11.6 Å². The van der Waals surface area contributed by atoms with E-state index in [1.807, 2.05) is 24.3 Å². The maximum absolute atomic E-state index is 12.7. The zero-order valence-electron chi connectivity index (χ0n) is 15.7. The van der Waals surface area contributed by atoms with Crippen molar-refractivity contribution in [2.45, 2.75) is 32.6 Å². The lowest BCUT2D eigenvalue weighted by Crippen LogP contribution is -2.43. The molecule has 1 unspecified atom stereocenters. The number of amides is 2. The standard InChI is InChI=1S/C22H25ClN2O2/c1-15(2)16-7-11-20(12-8-16)24-21(26)18-4-3-13-25(14-18)22(27)17-5-9-19(23)10-6-17/h5-12,15,18H,3-4,13-14H2,1-2H3,(H,24,26). The molecule has 1 aliphatic heterocycles. The number of anilines is 1. The van der Waals surface area contributed by atoms with Gasteiger partial charge in [0.1, 0.15) is 0 Å². The molecule has 1 fully saturated rings. The van der Waals surface area contributed by atoms with Crippen LogP contribution in [0.4, 0.5) is 5.69 Å². The molecule has 0 spiro atoms. The van der Waals surface area contributed by atoms with E-state index in [9.17, 15) is 9.59 Å². The number of piperidine rings is 1. The molecule has 1 saturated heterocycles. The third-order valence-corrected chi connectivity index (χ3v) is 5.27. The van der Waals surface area contributed by atoms with Gasteiger partial charge in [-0.1, -0.05) is 37.6 Å². The van der Waals surface area contributed by atoms with Gasteiger partial charge in [0, 0.05) is 29.4 Å². The number of nitrogens with zero attached hydrogens (tertiary/aromatic N) is 1. The first-order chi connectivity index (χ1) is 12.9. The summed E-state index contributed by atoms with van der Waals surface area (Å²) in [5.74, 6) is 0.187. The number of hydrogen-bond acceptors (Lipinski definition) is 2. The number of carbonyl (C=O) groups is 2. The lowest BCUT2D eigenvalue weighted by molar-refractivity contribution is -0.121. The Balaban J connectivity index is 1.62. The predicted octanol–water partition coefficient (Wildman–Crippen LogP) is 4.95. The summed E-state index contributed by atoms with van der Waals surface area (Å²) in [6, 6.07) is 14.8. The van der Waals surface area contributed by atoms with E-state index in [4.69, 9.17) is 11.6 Å². The number of benzene rings is 2. The van der Waals surface area contributed by atoms with Gasteiger partial charge in [0.25, 0.3) is 5.91 Å². The van der Waals surface area contributed by atoms with Gasteiger partial charge >= 0.3 is 0 Å². The minimum atomic E-state index is -0.195. The number of likely N-dealkylation sites (tertiary alicyclic amines) is 1. The SMILES string of the molecule is CC(C)c1ccc(NC(=O)C2CCCN(C(=O)c3ccc(Cl)cc3)C2)cc1. The first-order valence-corrected chi connectivity index (χ1v) is 9.77. The van der Waals surface area contributed by atoms with E-state index in [1.165, 1.54) is 5.56 Å². The van der Waals surface area contributed by atoms with Crippen LogP contribution in [0.25, 0.3) is 0 Å². The average Bonchev–Trinajstić information content (AvgIpc) is 2.68. The Morgan fingerprint density at radius 3 is 2.37 bits per heavy atom. The molecule has 4 nitrogen and oxygen atoms in total. The van der Waals surface area contributed by atoms with Crippen LogP contribution in [0.1, 0.15) is 48.5 Å². The van der Waals surface area contributed by atoms with Crippen LogP contribution in [0.2, 0.25) is 5.02 Å². The number of nitrogens with one attached hydrogen (secondary N) is 1. The first-order valence-electron chi connectivity index (χ1n) is 9.39. The normalized spacial score (nSPS) is 17.0. The summed E-state index contributed by atoms with van der Waals surface area (Å²) in [7, 11) is 0. The summed E-state index contributed by atoms with van der Waals surface area (Å²) in [6.45, 7) is 5.40. The van der Waals surface area contributed by atoms with E-state index in [1.54, 1.807) is 29.2 Å². The molecular weight excluding hydrogens is 360 g/mol. The van der Waals surface area contributed by atoms with Crippen molar-refractivity contribution in [3.05, 3.63) is 64.7 Å². The molecule has 1 aliphatic rings. The van der Waals surface area contributed by atoms with Crippen LogP contribution in [0.15, 0.2) is 48.5 Å². The fraction of sp³-hybridized carbons (Fsp3) is 0.364. The van der Waals surface area contributed by atoms with Crippen molar-refractivity contribution in [1.29, 1.82) is 0 Å². The van der Waals surface area contributed by atoms with Gasteiger partial charge in [0.15, 0.2) is 0 Å². The minimum absolute atomic E-state index is 0.0269. The highest BCUT2D eigenvalue weighted by atomic mass is 35.5. The Labute approximate surface area is 165 Å². The van der Waals surface area contributed by atoms with Crippen molar-refractivity contribution >= 4 is 29.1 Å². The number of halogens is 1. The van der Waals surface area contributed by atoms with Gasteiger partial charge in [-0.3, -0.25) is 9.59 Å². The smallest absolute Gasteiger partial charge is 0.253 e. The molecule has 1 N–H and O–H groups in total. The molecule has 0 radical (unpaired) electrons. The average molecular weight is 385 g/mol. The van der Waals surface area contributed by atoms with Gasteiger partial charge in [-0.2, -0.15) is 0 Å². The Bertz CT molecular complexity index is 800. The minimum Gasteiger partial charge on any atom is -0.338 e. The van der Waals surface area contributed by atoms with E-state index in [0.29, 0.717) is 29.6 Å². The van der Waals surface area contributed by atoms with Crippen molar-refractivity contribution in [2.24, 2.45) is 5.92 Å². The molecule has 3 rings (SSSR count). The lowest BCUT2D eigenvalue weighted by atomic mass is 9.96. The summed E-state index contributed by atoms with van der Waals surface area (Å²) in [4.78, 5) is 27.1. The van der Waals surface area contributed by atoms with Gasteiger partial charge < -0.3 is 10.2 Å². The molecule has 0 bridgehead atoms. The number of hydrogen-bond donors (Lipinski definition) is 1. The van der Waals surface area contributed by atoms with E-state index in [2.05, 4.69) is 19.2 Å². The van der Waals surface area contributed by atoms with Crippen molar-refractivity contribution in [2.75, 3.05) is 18.4 Å². The monoisotopic (exact) mass is 384 g/mol. The highest BCUT2D eigenvalue weighted by molar-refractivity contribution is 6.30. The van der Waals surface area contributed by atoms with Crippen LogP contribution < -0.4 is 5.32 Å². The second kappa shape index (κ2) is 8.57. The van der Waals surface area contributed by atoms with Gasteiger partial charge in [-0.25, -0.2) is 0 Å². The molecule has 1 heterocycles. The van der Waals surface area contributed by atoms with Crippen LogP contribution in [0.3, 0.4) is 0 Å². The molecule has 2 aromatic rings. The van der Waals surface area contributed by atoms with Gasteiger partial charge in [0.2, 0.25) is 5.91 Å².